The molecular formula is C15H13N3O. The van der Waals surface area contributed by atoms with Crippen LogP contribution in [0.5, 0.6) is 0 Å². The van der Waals surface area contributed by atoms with Gasteiger partial charge in [-0.2, -0.15) is 10.5 Å². The fraction of sp³-hybridized carbons (Fsp3) is 0.200. The van der Waals surface area contributed by atoms with Crippen molar-refractivity contribution < 1.29 is 4.42 Å². The fourth-order valence-electron chi connectivity index (χ4n) is 1.75. The zero-order valence-electron chi connectivity index (χ0n) is 10.6. The summed E-state index contributed by atoms with van der Waals surface area (Å²) in [5.74, 6) is 1.06. The van der Waals surface area contributed by atoms with Crippen LogP contribution in [0.3, 0.4) is 0 Å². The van der Waals surface area contributed by atoms with Crippen LogP contribution in [0.4, 0.5) is 0 Å². The molecule has 1 atom stereocenters. The quantitative estimate of drug-likeness (QED) is 0.906. The van der Waals surface area contributed by atoms with Gasteiger partial charge in [-0.3, -0.25) is 0 Å². The van der Waals surface area contributed by atoms with Gasteiger partial charge < -0.3 is 9.73 Å². The maximum Gasteiger partial charge on any atom is 0.203 e. The molecule has 2 rings (SSSR count). The molecule has 4 nitrogen and oxygen atoms in total. The Morgan fingerprint density at radius 2 is 1.84 bits per heavy atom. The lowest BCUT2D eigenvalue weighted by Gasteiger charge is -2.13. The summed E-state index contributed by atoms with van der Waals surface area (Å²) in [6, 6.07) is 15.1. The van der Waals surface area contributed by atoms with Gasteiger partial charge in [-0.05, 0) is 36.8 Å². The Labute approximate surface area is 111 Å². The summed E-state index contributed by atoms with van der Waals surface area (Å²) in [7, 11) is 0. The Kier molecular flexibility index (Phi) is 3.97. The van der Waals surface area contributed by atoms with Crippen LogP contribution in [-0.2, 0) is 6.54 Å². The van der Waals surface area contributed by atoms with Crippen LogP contribution in [0.25, 0.3) is 0 Å². The van der Waals surface area contributed by atoms with Crippen molar-refractivity contribution in [2.75, 3.05) is 0 Å². The Morgan fingerprint density at radius 3 is 2.42 bits per heavy atom. The van der Waals surface area contributed by atoms with Crippen molar-refractivity contribution in [1.82, 2.24) is 5.32 Å². The Bertz CT molecular complexity index is 629. The van der Waals surface area contributed by atoms with E-state index in [1.165, 1.54) is 0 Å². The number of rotatable bonds is 4. The predicted molar refractivity (Wildman–Crippen MR) is 69.8 cm³/mol. The van der Waals surface area contributed by atoms with Gasteiger partial charge in [0, 0.05) is 6.04 Å². The second kappa shape index (κ2) is 5.86. The minimum Gasteiger partial charge on any atom is -0.449 e. The van der Waals surface area contributed by atoms with Gasteiger partial charge in [0.1, 0.15) is 11.8 Å². The van der Waals surface area contributed by atoms with E-state index in [1.54, 1.807) is 24.3 Å². The van der Waals surface area contributed by atoms with E-state index in [9.17, 15) is 0 Å². The summed E-state index contributed by atoms with van der Waals surface area (Å²) in [6.07, 6.45) is 0. The Morgan fingerprint density at radius 1 is 1.11 bits per heavy atom. The molecule has 1 unspecified atom stereocenters. The molecule has 94 valence electrons. The van der Waals surface area contributed by atoms with Crippen LogP contribution < -0.4 is 5.32 Å². The first-order chi connectivity index (χ1) is 9.22. The number of benzene rings is 1. The first-order valence-corrected chi connectivity index (χ1v) is 5.95. The third kappa shape index (κ3) is 3.22. The average molecular weight is 251 g/mol. The molecule has 4 heteroatoms. The van der Waals surface area contributed by atoms with Gasteiger partial charge >= 0.3 is 0 Å². The molecule has 0 saturated heterocycles. The van der Waals surface area contributed by atoms with Gasteiger partial charge in [0.05, 0.1) is 18.2 Å². The molecule has 0 aliphatic heterocycles. The smallest absolute Gasteiger partial charge is 0.203 e. The summed E-state index contributed by atoms with van der Waals surface area (Å²) in [5, 5.41) is 20.7. The van der Waals surface area contributed by atoms with E-state index in [2.05, 4.69) is 11.4 Å². The van der Waals surface area contributed by atoms with E-state index in [0.717, 1.165) is 11.3 Å². The molecule has 1 aromatic heterocycles. The van der Waals surface area contributed by atoms with Crippen molar-refractivity contribution in [2.45, 2.75) is 19.5 Å². The Balaban J connectivity index is 1.95. The molecule has 0 bridgehead atoms. The van der Waals surface area contributed by atoms with Gasteiger partial charge in [0.15, 0.2) is 0 Å². The lowest BCUT2D eigenvalue weighted by atomic mass is 10.1. The number of hydrogen-bond donors (Lipinski definition) is 1. The van der Waals surface area contributed by atoms with E-state index in [-0.39, 0.29) is 6.04 Å². The lowest BCUT2D eigenvalue weighted by Crippen LogP contribution is -2.17. The topological polar surface area (TPSA) is 72.8 Å². The molecule has 1 aromatic carbocycles. The normalized spacial score (nSPS) is 11.5. The lowest BCUT2D eigenvalue weighted by molar-refractivity contribution is 0.453. The summed E-state index contributed by atoms with van der Waals surface area (Å²) < 4.78 is 5.29. The predicted octanol–water partition coefficient (Wildman–Crippen LogP) is 2.87. The zero-order chi connectivity index (χ0) is 13.7. The SMILES string of the molecule is CC(NCc1ccc(C#N)o1)c1ccc(C#N)cc1. The van der Waals surface area contributed by atoms with Crippen molar-refractivity contribution in [3.05, 3.63) is 59.0 Å². The molecule has 0 aliphatic rings. The average Bonchev–Trinajstić information content (AvgIpc) is 2.93. The van der Waals surface area contributed by atoms with Crippen LogP contribution >= 0.6 is 0 Å². The number of hydrogen-bond acceptors (Lipinski definition) is 4. The van der Waals surface area contributed by atoms with E-state index in [1.807, 2.05) is 25.1 Å². The third-order valence-electron chi connectivity index (χ3n) is 2.89. The van der Waals surface area contributed by atoms with Gasteiger partial charge in [0.25, 0.3) is 0 Å². The standard InChI is InChI=1S/C15H13N3O/c1-11(13-4-2-12(8-16)3-5-13)18-10-15-7-6-14(9-17)19-15/h2-7,11,18H,10H2,1H3. The first kappa shape index (κ1) is 12.9. The summed E-state index contributed by atoms with van der Waals surface area (Å²) in [6.45, 7) is 2.60. The largest absolute Gasteiger partial charge is 0.449 e. The van der Waals surface area contributed by atoms with Crippen LogP contribution in [0.2, 0.25) is 0 Å². The van der Waals surface area contributed by atoms with Gasteiger partial charge in [-0.15, -0.1) is 0 Å². The first-order valence-electron chi connectivity index (χ1n) is 5.95. The maximum absolute atomic E-state index is 8.74. The van der Waals surface area contributed by atoms with Crippen molar-refractivity contribution in [3.63, 3.8) is 0 Å². The minimum absolute atomic E-state index is 0.142. The molecular weight excluding hydrogens is 238 g/mol. The molecule has 0 aliphatic carbocycles. The monoisotopic (exact) mass is 251 g/mol. The van der Waals surface area contributed by atoms with Gasteiger partial charge in [-0.1, -0.05) is 12.1 Å². The van der Waals surface area contributed by atoms with Crippen LogP contribution in [0, 0.1) is 22.7 Å². The molecule has 1 heterocycles. The van der Waals surface area contributed by atoms with Crippen molar-refractivity contribution in [1.29, 1.82) is 10.5 Å². The molecule has 0 saturated carbocycles. The summed E-state index contributed by atoms with van der Waals surface area (Å²) in [4.78, 5) is 0. The minimum atomic E-state index is 0.142. The summed E-state index contributed by atoms with van der Waals surface area (Å²) in [5.41, 5.74) is 1.76. The van der Waals surface area contributed by atoms with Gasteiger partial charge in [-0.25, -0.2) is 0 Å². The molecule has 0 radical (unpaired) electrons. The maximum atomic E-state index is 8.74. The van der Waals surface area contributed by atoms with E-state index in [0.29, 0.717) is 17.9 Å². The number of furan rings is 1. The van der Waals surface area contributed by atoms with Gasteiger partial charge in [0.2, 0.25) is 5.76 Å². The van der Waals surface area contributed by atoms with Crippen molar-refractivity contribution in [3.8, 4) is 12.1 Å². The molecule has 19 heavy (non-hydrogen) atoms. The number of nitrogens with one attached hydrogen (secondary N) is 1. The number of nitrogens with zero attached hydrogens (tertiary/aromatic N) is 2. The molecule has 0 spiro atoms. The fourth-order valence-corrected chi connectivity index (χ4v) is 1.75. The highest BCUT2D eigenvalue weighted by Crippen LogP contribution is 2.14. The van der Waals surface area contributed by atoms with Crippen LogP contribution in [-0.4, -0.2) is 0 Å². The molecule has 0 fully saturated rings. The summed E-state index contributed by atoms with van der Waals surface area (Å²) >= 11 is 0. The van der Waals surface area contributed by atoms with Crippen molar-refractivity contribution >= 4 is 0 Å². The van der Waals surface area contributed by atoms with Crippen LogP contribution in [0.1, 0.15) is 35.6 Å². The second-order valence-corrected chi connectivity index (χ2v) is 4.21. The highest BCUT2D eigenvalue weighted by atomic mass is 16.3. The molecule has 2 aromatic rings. The Hall–Kier alpha value is -2.56. The molecule has 0 amide bonds. The molecule has 1 N–H and O–H groups in total. The number of nitriles is 2. The third-order valence-corrected chi connectivity index (χ3v) is 2.89. The van der Waals surface area contributed by atoms with E-state index in [4.69, 9.17) is 14.9 Å². The zero-order valence-corrected chi connectivity index (χ0v) is 10.6. The van der Waals surface area contributed by atoms with Crippen molar-refractivity contribution in [2.24, 2.45) is 0 Å². The highest BCUT2D eigenvalue weighted by molar-refractivity contribution is 5.32. The van der Waals surface area contributed by atoms with E-state index < -0.39 is 0 Å². The highest BCUT2D eigenvalue weighted by Gasteiger charge is 2.07. The van der Waals surface area contributed by atoms with Crippen LogP contribution in [0.15, 0.2) is 40.8 Å². The second-order valence-electron chi connectivity index (χ2n) is 4.21. The van der Waals surface area contributed by atoms with E-state index >= 15 is 0 Å².